The van der Waals surface area contributed by atoms with Crippen molar-refractivity contribution < 1.29 is 37.6 Å². The maximum Gasteiger partial charge on any atom is 0.472 e. The topological polar surface area (TPSA) is 134 Å². The van der Waals surface area contributed by atoms with Crippen molar-refractivity contribution in [3.8, 4) is 0 Å². The zero-order valence-corrected chi connectivity index (χ0v) is 65.0. The molecule has 0 heterocycles. The van der Waals surface area contributed by atoms with E-state index in [0.29, 0.717) is 6.42 Å². The van der Waals surface area contributed by atoms with Crippen molar-refractivity contribution in [1.82, 2.24) is 0 Å². The van der Waals surface area contributed by atoms with Crippen LogP contribution >= 0.6 is 7.82 Å². The molecule has 0 spiro atoms. The van der Waals surface area contributed by atoms with E-state index in [9.17, 15) is 19.0 Å². The summed E-state index contributed by atoms with van der Waals surface area (Å²) in [4.78, 5) is 35.5. The average Bonchev–Trinajstić information content (AvgIpc) is 2.88. The first-order chi connectivity index (χ1) is 47.8. The molecule has 0 aromatic carbocycles. The predicted molar refractivity (Wildman–Crippen MR) is 422 cm³/mol. The Hall–Kier alpha value is -2.81. The van der Waals surface area contributed by atoms with Crippen molar-refractivity contribution in [2.75, 3.05) is 26.4 Å². The first-order valence-electron chi connectivity index (χ1n) is 42.1. The molecule has 10 heteroatoms. The Balaban J connectivity index is 3.74. The van der Waals surface area contributed by atoms with Gasteiger partial charge >= 0.3 is 19.8 Å². The lowest BCUT2D eigenvalue weighted by atomic mass is 10.0. The van der Waals surface area contributed by atoms with Crippen LogP contribution in [0.3, 0.4) is 0 Å². The molecule has 2 unspecified atom stereocenters. The molecule has 0 aliphatic heterocycles. The third kappa shape index (κ3) is 82.0. The number of carbonyl (C=O) groups is 2. The summed E-state index contributed by atoms with van der Waals surface area (Å²) in [5.74, 6) is -0.804. The molecule has 0 amide bonds. The van der Waals surface area contributed by atoms with Crippen LogP contribution in [0.25, 0.3) is 0 Å². The minimum Gasteiger partial charge on any atom is -0.462 e. The highest BCUT2D eigenvalue weighted by Crippen LogP contribution is 2.43. The Kier molecular flexibility index (Phi) is 79.8. The quantitative estimate of drug-likeness (QED) is 0.0264. The molecule has 0 bridgehead atoms. The maximum atomic E-state index is 12.8. The SMILES string of the molecule is CC/C=C\C/C=C\C/C=C\C/C=C\CCCCCCCCCCCCCCCCCCCCCCCCCCCCC(=O)OC(COC(=O)CCCCCCCCCCCCCCCCCCCCCCCC/C=C\C/C=C\C/C=C\CCCCCCC)COP(=O)(O)OCCN. The first-order valence-corrected chi connectivity index (χ1v) is 43.6. The Morgan fingerprint density at radius 1 is 0.320 bits per heavy atom. The number of hydrogen-bond acceptors (Lipinski definition) is 8. The van der Waals surface area contributed by atoms with Gasteiger partial charge in [-0.3, -0.25) is 18.6 Å². The predicted octanol–water partition coefficient (Wildman–Crippen LogP) is 28.4. The molecule has 0 aromatic heterocycles. The first kappa shape index (κ1) is 94.2. The standard InChI is InChI=1S/C87H160NO8P/c1-3-5-7-9-11-13-15-17-19-21-23-25-27-29-31-33-35-37-39-41-42-44-46-48-50-52-54-56-58-60-62-64-66-68-70-72-74-76-78-80-87(90)96-85(84-95-97(91,92)94-82-81-88)83-93-86(89)79-77-75-73-71-69-67-65-63-61-59-57-55-53-51-49-47-45-43-40-38-36-34-32-30-28-26-24-22-20-18-16-14-12-10-8-6-4-2/h5,7,11,13,16-19,22-25,28,30,85H,3-4,6,8-10,12,14-15,20-21,26-27,29,31-84,88H2,1-2H3,(H,91,92)/b7-5-,13-11-,18-16-,19-17-,24-22-,25-23-,30-28-. The molecule has 9 nitrogen and oxygen atoms in total. The third-order valence-electron chi connectivity index (χ3n) is 18.8. The number of phosphoric ester groups is 1. The van der Waals surface area contributed by atoms with Gasteiger partial charge in [-0.15, -0.1) is 0 Å². The summed E-state index contributed by atoms with van der Waals surface area (Å²) in [5, 5.41) is 0. The van der Waals surface area contributed by atoms with Gasteiger partial charge in [0.1, 0.15) is 6.61 Å². The molecule has 0 aliphatic rings. The van der Waals surface area contributed by atoms with Gasteiger partial charge in [0.25, 0.3) is 0 Å². The van der Waals surface area contributed by atoms with E-state index >= 15 is 0 Å². The minimum absolute atomic E-state index is 0.0548. The van der Waals surface area contributed by atoms with Gasteiger partial charge in [-0.05, 0) is 89.9 Å². The monoisotopic (exact) mass is 1380 g/mol. The lowest BCUT2D eigenvalue weighted by Gasteiger charge is -2.19. The zero-order chi connectivity index (χ0) is 70.0. The summed E-state index contributed by atoms with van der Waals surface area (Å²) < 4.78 is 33.3. The summed E-state index contributed by atoms with van der Waals surface area (Å²) in [7, 11) is -4.40. The van der Waals surface area contributed by atoms with Gasteiger partial charge < -0.3 is 20.1 Å². The van der Waals surface area contributed by atoms with Crippen molar-refractivity contribution in [1.29, 1.82) is 0 Å². The maximum absolute atomic E-state index is 12.8. The van der Waals surface area contributed by atoms with E-state index < -0.39 is 26.5 Å². The van der Waals surface area contributed by atoms with Gasteiger partial charge in [-0.25, -0.2) is 4.57 Å². The number of nitrogens with two attached hydrogens (primary N) is 1. The normalized spacial score (nSPS) is 13.2. The number of unbranched alkanes of at least 4 members (excludes halogenated alkanes) is 53. The second kappa shape index (κ2) is 82.1. The number of esters is 2. The molecule has 0 aliphatic carbocycles. The molecule has 0 fully saturated rings. The average molecular weight is 1380 g/mol. The van der Waals surface area contributed by atoms with Gasteiger partial charge in [0, 0.05) is 19.4 Å². The fourth-order valence-electron chi connectivity index (χ4n) is 12.6. The second-order valence-electron chi connectivity index (χ2n) is 28.3. The Morgan fingerprint density at radius 2 is 0.567 bits per heavy atom. The van der Waals surface area contributed by atoms with Crippen molar-refractivity contribution in [3.63, 3.8) is 0 Å². The molecule has 97 heavy (non-hydrogen) atoms. The molecule has 566 valence electrons. The van der Waals surface area contributed by atoms with E-state index in [-0.39, 0.29) is 38.6 Å². The van der Waals surface area contributed by atoms with Crippen LogP contribution < -0.4 is 5.73 Å². The number of hydrogen-bond donors (Lipinski definition) is 2. The summed E-state index contributed by atoms with van der Waals surface area (Å²) in [6.45, 7) is 3.69. The van der Waals surface area contributed by atoms with E-state index in [0.717, 1.165) is 70.6 Å². The Labute approximate surface area is 602 Å². The van der Waals surface area contributed by atoms with Crippen LogP contribution in [-0.2, 0) is 32.7 Å². The van der Waals surface area contributed by atoms with Crippen LogP contribution in [0.5, 0.6) is 0 Å². The van der Waals surface area contributed by atoms with Crippen LogP contribution in [0.15, 0.2) is 85.1 Å². The van der Waals surface area contributed by atoms with E-state index in [1.807, 2.05) is 0 Å². The molecule has 0 saturated carbocycles. The van der Waals surface area contributed by atoms with E-state index in [4.69, 9.17) is 24.3 Å². The van der Waals surface area contributed by atoms with E-state index in [1.165, 1.54) is 321 Å². The molecule has 0 radical (unpaired) electrons. The van der Waals surface area contributed by atoms with E-state index in [1.54, 1.807) is 0 Å². The van der Waals surface area contributed by atoms with Crippen molar-refractivity contribution in [3.05, 3.63) is 85.1 Å². The summed E-state index contributed by atoms with van der Waals surface area (Å²) in [6, 6.07) is 0. The molecule has 3 N–H and O–H groups in total. The van der Waals surface area contributed by atoms with Gasteiger partial charge in [0.15, 0.2) is 6.10 Å². The lowest BCUT2D eigenvalue weighted by molar-refractivity contribution is -0.161. The Bertz CT molecular complexity index is 1870. The summed E-state index contributed by atoms with van der Waals surface area (Å²) in [6.07, 6.45) is 112. The van der Waals surface area contributed by atoms with Crippen LogP contribution in [0.2, 0.25) is 0 Å². The largest absolute Gasteiger partial charge is 0.472 e. The van der Waals surface area contributed by atoms with Crippen LogP contribution in [-0.4, -0.2) is 49.3 Å². The fraction of sp³-hybridized carbons (Fsp3) is 0.816. The number of allylic oxidation sites excluding steroid dienone is 14. The molecular formula is C87H160NO8P. The van der Waals surface area contributed by atoms with Crippen molar-refractivity contribution in [2.24, 2.45) is 5.73 Å². The summed E-state index contributed by atoms with van der Waals surface area (Å²) in [5.41, 5.74) is 5.42. The smallest absolute Gasteiger partial charge is 0.462 e. The highest BCUT2D eigenvalue weighted by molar-refractivity contribution is 7.47. The third-order valence-corrected chi connectivity index (χ3v) is 19.7. The van der Waals surface area contributed by atoms with Crippen molar-refractivity contribution in [2.45, 2.75) is 431 Å². The van der Waals surface area contributed by atoms with E-state index in [2.05, 4.69) is 98.9 Å². The number of ether oxygens (including phenoxy) is 2. The summed E-state index contributed by atoms with van der Waals surface area (Å²) >= 11 is 0. The van der Waals surface area contributed by atoms with Crippen LogP contribution in [0.4, 0.5) is 0 Å². The molecule has 0 saturated heterocycles. The fourth-order valence-corrected chi connectivity index (χ4v) is 13.3. The second-order valence-corrected chi connectivity index (χ2v) is 29.8. The number of rotatable bonds is 80. The minimum atomic E-state index is -4.40. The number of carbonyl (C=O) groups excluding carboxylic acids is 2. The molecular weight excluding hydrogens is 1220 g/mol. The molecule has 0 aromatic rings. The van der Waals surface area contributed by atoms with Gasteiger partial charge in [-0.1, -0.05) is 407 Å². The zero-order valence-electron chi connectivity index (χ0n) is 64.1. The highest BCUT2D eigenvalue weighted by atomic mass is 31.2. The van der Waals surface area contributed by atoms with Crippen LogP contribution in [0.1, 0.15) is 425 Å². The Morgan fingerprint density at radius 3 is 0.845 bits per heavy atom. The van der Waals surface area contributed by atoms with Crippen molar-refractivity contribution >= 4 is 19.8 Å². The number of phosphoric acid groups is 1. The van der Waals surface area contributed by atoms with Gasteiger partial charge in [0.05, 0.1) is 13.2 Å². The molecule has 0 rings (SSSR count). The van der Waals surface area contributed by atoms with Gasteiger partial charge in [0.2, 0.25) is 0 Å². The highest BCUT2D eigenvalue weighted by Gasteiger charge is 2.26. The molecule has 2 atom stereocenters. The van der Waals surface area contributed by atoms with Crippen LogP contribution in [0, 0.1) is 0 Å². The van der Waals surface area contributed by atoms with Gasteiger partial charge in [-0.2, -0.15) is 0 Å². The lowest BCUT2D eigenvalue weighted by Crippen LogP contribution is -2.29.